The summed E-state index contributed by atoms with van der Waals surface area (Å²) in [5, 5.41) is 0. The number of fused-ring (bicyclic) bond motifs is 1. The molecule has 0 saturated carbocycles. The zero-order chi connectivity index (χ0) is 29.0. The van der Waals surface area contributed by atoms with Crippen LogP contribution in [0.5, 0.6) is 5.75 Å². The minimum atomic E-state index is -4.53. The Hall–Kier alpha value is -3.80. The van der Waals surface area contributed by atoms with Crippen LogP contribution in [0.1, 0.15) is 42.0 Å². The molecule has 2 aliphatic rings. The van der Waals surface area contributed by atoms with Crippen molar-refractivity contribution < 1.29 is 37.0 Å². The number of nitrogens with two attached hydrogens (primary N) is 1. The number of carbonyl (C=O) groups is 3. The maximum absolute atomic E-state index is 13.5. The fraction of sp³-hybridized carbons (Fsp3) is 0.464. The number of halogens is 3. The maximum atomic E-state index is 13.5. The Morgan fingerprint density at radius 3 is 2.60 bits per heavy atom. The zero-order valence-corrected chi connectivity index (χ0v) is 22.4. The van der Waals surface area contributed by atoms with E-state index >= 15 is 0 Å². The molecular formula is C28H33F3N4O5. The Labute approximate surface area is 230 Å². The van der Waals surface area contributed by atoms with E-state index in [1.165, 1.54) is 22.8 Å². The van der Waals surface area contributed by atoms with Gasteiger partial charge in [-0.25, -0.2) is 4.79 Å². The van der Waals surface area contributed by atoms with Crippen LogP contribution in [0.25, 0.3) is 0 Å². The van der Waals surface area contributed by atoms with E-state index < -0.39 is 30.0 Å². The van der Waals surface area contributed by atoms with Crippen molar-refractivity contribution in [2.24, 2.45) is 5.73 Å². The van der Waals surface area contributed by atoms with Crippen LogP contribution in [-0.4, -0.2) is 71.1 Å². The van der Waals surface area contributed by atoms with Crippen molar-refractivity contribution in [3.8, 4) is 5.75 Å². The van der Waals surface area contributed by atoms with Crippen molar-refractivity contribution >= 4 is 17.9 Å². The van der Waals surface area contributed by atoms with Crippen LogP contribution < -0.4 is 10.5 Å². The third kappa shape index (κ3) is 6.33. The van der Waals surface area contributed by atoms with Gasteiger partial charge in [-0.15, -0.1) is 0 Å². The fourth-order valence-corrected chi connectivity index (χ4v) is 5.25. The molecule has 0 spiro atoms. The van der Waals surface area contributed by atoms with Gasteiger partial charge in [0.05, 0.1) is 18.7 Å². The van der Waals surface area contributed by atoms with Crippen molar-refractivity contribution in [1.29, 1.82) is 0 Å². The Morgan fingerprint density at radius 2 is 1.90 bits per heavy atom. The van der Waals surface area contributed by atoms with Gasteiger partial charge >= 0.3 is 12.3 Å². The van der Waals surface area contributed by atoms with E-state index in [9.17, 15) is 27.6 Å². The quantitative estimate of drug-likeness (QED) is 0.527. The molecule has 2 N–H and O–H groups in total. The van der Waals surface area contributed by atoms with E-state index in [0.717, 1.165) is 17.7 Å². The predicted molar refractivity (Wildman–Crippen MR) is 139 cm³/mol. The molecule has 3 amide bonds. The Morgan fingerprint density at radius 1 is 1.15 bits per heavy atom. The predicted octanol–water partition coefficient (Wildman–Crippen LogP) is 3.67. The maximum Gasteiger partial charge on any atom is 0.416 e. The van der Waals surface area contributed by atoms with E-state index in [1.807, 2.05) is 25.1 Å². The summed E-state index contributed by atoms with van der Waals surface area (Å²) in [5.74, 6) is 0.0719. The van der Waals surface area contributed by atoms with Crippen LogP contribution in [0.15, 0.2) is 42.5 Å². The first-order chi connectivity index (χ1) is 19.0. The van der Waals surface area contributed by atoms with Crippen LogP contribution in [0.4, 0.5) is 18.0 Å². The van der Waals surface area contributed by atoms with Gasteiger partial charge in [0.2, 0.25) is 11.8 Å². The van der Waals surface area contributed by atoms with Gasteiger partial charge in [-0.05, 0) is 50.6 Å². The summed E-state index contributed by atoms with van der Waals surface area (Å²) in [5.41, 5.74) is 6.32. The molecule has 40 heavy (non-hydrogen) atoms. The number of carbonyl (C=O) groups excluding carboxylic acids is 3. The summed E-state index contributed by atoms with van der Waals surface area (Å²) in [7, 11) is 0. The van der Waals surface area contributed by atoms with Gasteiger partial charge in [-0.3, -0.25) is 14.5 Å². The van der Waals surface area contributed by atoms with Gasteiger partial charge in [-0.2, -0.15) is 13.2 Å². The van der Waals surface area contributed by atoms with Gasteiger partial charge in [0.1, 0.15) is 24.6 Å². The monoisotopic (exact) mass is 562 g/mol. The lowest BCUT2D eigenvalue weighted by Crippen LogP contribution is -2.71. The number of piperazine rings is 1. The minimum absolute atomic E-state index is 0.0181. The average molecular weight is 563 g/mol. The van der Waals surface area contributed by atoms with E-state index in [-0.39, 0.29) is 63.0 Å². The topological polar surface area (TPSA) is 105 Å². The number of hydrogen-bond acceptors (Lipinski definition) is 6. The third-order valence-electron chi connectivity index (χ3n) is 6.99. The van der Waals surface area contributed by atoms with Crippen molar-refractivity contribution in [1.82, 2.24) is 14.7 Å². The SMILES string of the molecule is CCOc1ccccc1CN1C[C@@H]2N(C(=O)OCc3cc(C)cc(C(F)(F)F)c3)CCC(=O)N2[C@@H](CCN)C1=O. The Kier molecular flexibility index (Phi) is 8.87. The van der Waals surface area contributed by atoms with Crippen LogP contribution in [0, 0.1) is 6.92 Å². The van der Waals surface area contributed by atoms with Crippen molar-refractivity contribution in [3.63, 3.8) is 0 Å². The molecule has 2 aliphatic heterocycles. The molecule has 2 atom stereocenters. The number of aryl methyl sites for hydroxylation is 1. The summed E-state index contributed by atoms with van der Waals surface area (Å²) < 4.78 is 50.9. The molecule has 0 bridgehead atoms. The van der Waals surface area contributed by atoms with E-state index in [0.29, 0.717) is 17.9 Å². The standard InChI is InChI=1S/C28H33F3N4O5/c1-3-39-23-7-5-4-6-20(23)15-33-16-24-34(11-9-25(36)35(24)22(8-10-32)26(33)37)27(38)40-17-19-12-18(2)13-21(14-19)28(29,30)31/h4-7,12-14,22,24H,3,8-11,15-17,32H2,1-2H3/t22-,24+/m0/s1. The molecule has 0 aliphatic carbocycles. The number of ether oxygens (including phenoxy) is 2. The van der Waals surface area contributed by atoms with Crippen LogP contribution in [0.3, 0.4) is 0 Å². The number of alkyl halides is 3. The highest BCUT2D eigenvalue weighted by molar-refractivity contribution is 5.90. The smallest absolute Gasteiger partial charge is 0.416 e. The molecule has 9 nitrogen and oxygen atoms in total. The molecule has 2 aromatic carbocycles. The lowest BCUT2D eigenvalue weighted by molar-refractivity contribution is -0.168. The molecule has 216 valence electrons. The number of para-hydroxylation sites is 1. The van der Waals surface area contributed by atoms with E-state index in [1.54, 1.807) is 11.0 Å². The number of benzene rings is 2. The summed E-state index contributed by atoms with van der Waals surface area (Å²) in [6.07, 6.45) is -5.94. The second-order valence-electron chi connectivity index (χ2n) is 9.84. The highest BCUT2D eigenvalue weighted by Crippen LogP contribution is 2.32. The molecular weight excluding hydrogens is 529 g/mol. The second kappa shape index (κ2) is 12.2. The first-order valence-corrected chi connectivity index (χ1v) is 13.1. The van der Waals surface area contributed by atoms with Crippen molar-refractivity contribution in [2.45, 2.75) is 58.2 Å². The lowest BCUT2D eigenvalue weighted by atomic mass is 10.0. The van der Waals surface area contributed by atoms with Gasteiger partial charge in [-0.1, -0.05) is 29.8 Å². The van der Waals surface area contributed by atoms with Gasteiger partial charge in [0, 0.05) is 25.1 Å². The number of hydrogen-bond donors (Lipinski definition) is 1. The van der Waals surface area contributed by atoms with Gasteiger partial charge in [0.25, 0.3) is 0 Å². The Bertz CT molecular complexity index is 1250. The summed E-state index contributed by atoms with van der Waals surface area (Å²) >= 11 is 0. The van der Waals surface area contributed by atoms with E-state index in [4.69, 9.17) is 15.2 Å². The van der Waals surface area contributed by atoms with E-state index in [2.05, 4.69) is 0 Å². The number of rotatable bonds is 8. The lowest BCUT2D eigenvalue weighted by Gasteiger charge is -2.51. The first-order valence-electron chi connectivity index (χ1n) is 13.1. The molecule has 12 heteroatoms. The molecule has 2 fully saturated rings. The van der Waals surface area contributed by atoms with Crippen LogP contribution >= 0.6 is 0 Å². The number of amides is 3. The molecule has 2 aromatic rings. The van der Waals surface area contributed by atoms with Crippen LogP contribution in [0.2, 0.25) is 0 Å². The molecule has 4 rings (SSSR count). The Balaban J connectivity index is 1.56. The van der Waals surface area contributed by atoms with Crippen molar-refractivity contribution in [2.75, 3.05) is 26.2 Å². The molecule has 2 saturated heterocycles. The molecule has 0 aromatic heterocycles. The molecule has 2 heterocycles. The van der Waals surface area contributed by atoms with Gasteiger partial charge < -0.3 is 25.0 Å². The molecule has 0 radical (unpaired) electrons. The number of nitrogens with zero attached hydrogens (tertiary/aromatic N) is 3. The highest BCUT2D eigenvalue weighted by Gasteiger charge is 2.49. The molecule has 0 unspecified atom stereocenters. The summed E-state index contributed by atoms with van der Waals surface area (Å²) in [6.45, 7) is 3.88. The van der Waals surface area contributed by atoms with Crippen molar-refractivity contribution in [3.05, 3.63) is 64.7 Å². The van der Waals surface area contributed by atoms with Crippen LogP contribution in [-0.2, 0) is 33.7 Å². The largest absolute Gasteiger partial charge is 0.494 e. The normalized spacial score (nSPS) is 19.5. The average Bonchev–Trinajstić information content (AvgIpc) is 2.90. The van der Waals surface area contributed by atoms with Gasteiger partial charge in [0.15, 0.2) is 0 Å². The summed E-state index contributed by atoms with van der Waals surface area (Å²) in [6, 6.07) is 9.93. The third-order valence-corrected chi connectivity index (χ3v) is 6.99. The minimum Gasteiger partial charge on any atom is -0.494 e. The fourth-order valence-electron chi connectivity index (χ4n) is 5.25. The zero-order valence-electron chi connectivity index (χ0n) is 22.4. The highest BCUT2D eigenvalue weighted by atomic mass is 19.4. The second-order valence-corrected chi connectivity index (χ2v) is 9.84. The summed E-state index contributed by atoms with van der Waals surface area (Å²) in [4.78, 5) is 44.1. The first kappa shape index (κ1) is 29.2.